The highest BCUT2D eigenvalue weighted by molar-refractivity contribution is 5.88. The van der Waals surface area contributed by atoms with Gasteiger partial charge in [-0.1, -0.05) is 20.8 Å². The Morgan fingerprint density at radius 1 is 1.10 bits per heavy atom. The van der Waals surface area contributed by atoms with Crippen LogP contribution >= 0.6 is 0 Å². The number of methoxy groups -OCH3 is 3. The zero-order valence-electron chi connectivity index (χ0n) is 24.0. The van der Waals surface area contributed by atoms with E-state index < -0.39 is 18.1 Å². The van der Waals surface area contributed by atoms with E-state index in [9.17, 15) is 23.5 Å². The summed E-state index contributed by atoms with van der Waals surface area (Å²) in [7, 11) is 4.34. The van der Waals surface area contributed by atoms with E-state index in [-0.39, 0.29) is 40.6 Å². The van der Waals surface area contributed by atoms with Crippen molar-refractivity contribution in [2.24, 2.45) is 5.41 Å². The highest BCUT2D eigenvalue weighted by atomic mass is 19.3. The van der Waals surface area contributed by atoms with Gasteiger partial charge in [0.15, 0.2) is 11.4 Å². The first-order chi connectivity index (χ1) is 19.9. The summed E-state index contributed by atoms with van der Waals surface area (Å²) < 4.78 is 51.0. The molecule has 12 heteroatoms. The quantitative estimate of drug-likeness (QED) is 0.300. The predicted molar refractivity (Wildman–Crippen MR) is 150 cm³/mol. The fraction of sp³-hybridized carbons (Fsp3) is 0.367. The van der Waals surface area contributed by atoms with Crippen molar-refractivity contribution in [3.05, 3.63) is 69.3 Å². The molecule has 222 valence electrons. The van der Waals surface area contributed by atoms with Crippen molar-refractivity contribution in [3.8, 4) is 34.4 Å². The maximum absolute atomic E-state index is 13.8. The van der Waals surface area contributed by atoms with E-state index >= 15 is 0 Å². The molecular formula is C30H31F2N3O7. The molecule has 0 fully saturated rings. The molecule has 3 aromatic heterocycles. The number of rotatable bonds is 8. The van der Waals surface area contributed by atoms with Gasteiger partial charge in [0.2, 0.25) is 5.75 Å². The van der Waals surface area contributed by atoms with Crippen molar-refractivity contribution < 1.29 is 37.6 Å². The third-order valence-electron chi connectivity index (χ3n) is 7.65. The second-order valence-electron chi connectivity index (χ2n) is 11.1. The van der Waals surface area contributed by atoms with Gasteiger partial charge in [-0.25, -0.2) is 9.78 Å². The number of alkyl halides is 2. The zero-order valence-corrected chi connectivity index (χ0v) is 24.0. The van der Waals surface area contributed by atoms with Crippen LogP contribution in [0.1, 0.15) is 53.9 Å². The van der Waals surface area contributed by atoms with Gasteiger partial charge in [0.25, 0.3) is 5.56 Å². The molecular weight excluding hydrogens is 552 g/mol. The number of carboxylic acids is 1. The molecule has 1 N–H and O–H groups in total. The molecule has 1 aliphatic carbocycles. The zero-order chi connectivity index (χ0) is 30.5. The number of carbonyl (C=O) groups is 1. The number of hydrogen-bond donors (Lipinski definition) is 1. The second kappa shape index (κ2) is 10.7. The highest BCUT2D eigenvalue weighted by Gasteiger charge is 2.39. The highest BCUT2D eigenvalue weighted by Crippen LogP contribution is 2.48. The van der Waals surface area contributed by atoms with Crippen LogP contribution in [0.4, 0.5) is 8.78 Å². The summed E-state index contributed by atoms with van der Waals surface area (Å²) in [5.41, 5.74) is 1.21. The molecule has 0 bridgehead atoms. The molecule has 4 aromatic rings. The van der Waals surface area contributed by atoms with Crippen molar-refractivity contribution in [1.29, 1.82) is 0 Å². The first-order valence-corrected chi connectivity index (χ1v) is 13.1. The van der Waals surface area contributed by atoms with Crippen molar-refractivity contribution in [2.45, 2.75) is 46.3 Å². The molecule has 0 aliphatic heterocycles. The lowest BCUT2D eigenvalue weighted by Gasteiger charge is -2.36. The molecule has 0 saturated heterocycles. The molecule has 0 saturated carbocycles. The Morgan fingerprint density at radius 3 is 2.40 bits per heavy atom. The maximum Gasteiger partial charge on any atom is 0.387 e. The van der Waals surface area contributed by atoms with E-state index in [1.807, 2.05) is 20.8 Å². The summed E-state index contributed by atoms with van der Waals surface area (Å²) in [5, 5.41) is 10.0. The number of imidazole rings is 1. The second-order valence-corrected chi connectivity index (χ2v) is 11.1. The SMILES string of the molecule is COc1ccc(Cn2c3c(cc(C(=O)O)c2=O)C(C(C)(C)C)Cc2c-3nc3c(OC(F)F)c(OC)ccn23)c(OC)c1. The first kappa shape index (κ1) is 28.9. The smallest absolute Gasteiger partial charge is 0.387 e. The van der Waals surface area contributed by atoms with Crippen molar-refractivity contribution in [1.82, 2.24) is 14.0 Å². The number of ether oxygens (including phenoxy) is 4. The molecule has 1 aliphatic rings. The molecule has 3 heterocycles. The number of pyridine rings is 2. The molecule has 0 radical (unpaired) electrons. The fourth-order valence-electron chi connectivity index (χ4n) is 5.61. The minimum atomic E-state index is -3.13. The number of aromatic carboxylic acids is 1. The molecule has 0 amide bonds. The van der Waals surface area contributed by atoms with Gasteiger partial charge in [0.1, 0.15) is 22.8 Å². The standard InChI is InChI=1S/C30H31F2N3O7/c1-30(2,3)19-13-20-23(33-26-25(42-29(31)32)21(40-5)9-10-34(20)26)24-17(19)12-18(28(37)38)27(36)35(24)14-15-7-8-16(39-4)11-22(15)41-6/h7-12,19,29H,13-14H2,1-6H3,(H,37,38). The Kier molecular flexibility index (Phi) is 7.33. The summed E-state index contributed by atoms with van der Waals surface area (Å²) in [4.78, 5) is 30.9. The monoisotopic (exact) mass is 583 g/mol. The van der Waals surface area contributed by atoms with E-state index in [2.05, 4.69) is 0 Å². The van der Waals surface area contributed by atoms with Gasteiger partial charge in [-0.05, 0) is 41.5 Å². The summed E-state index contributed by atoms with van der Waals surface area (Å²) in [5.74, 6) is -0.814. The van der Waals surface area contributed by atoms with E-state index in [1.165, 1.54) is 38.0 Å². The van der Waals surface area contributed by atoms with Crippen LogP contribution in [0, 0.1) is 5.41 Å². The lowest BCUT2D eigenvalue weighted by atomic mass is 9.70. The van der Waals surface area contributed by atoms with Crippen molar-refractivity contribution in [3.63, 3.8) is 0 Å². The minimum Gasteiger partial charge on any atom is -0.497 e. The predicted octanol–water partition coefficient (Wildman–Crippen LogP) is 5.22. The summed E-state index contributed by atoms with van der Waals surface area (Å²) in [6.45, 7) is 2.88. The fourth-order valence-corrected chi connectivity index (χ4v) is 5.61. The van der Waals surface area contributed by atoms with Gasteiger partial charge in [-0.2, -0.15) is 8.78 Å². The molecule has 1 unspecified atom stereocenters. The van der Waals surface area contributed by atoms with Crippen LogP contribution in [0.15, 0.2) is 41.3 Å². The van der Waals surface area contributed by atoms with Crippen LogP contribution in [0.5, 0.6) is 23.0 Å². The largest absolute Gasteiger partial charge is 0.497 e. The number of fused-ring (bicyclic) bond motifs is 5. The average molecular weight is 584 g/mol. The topological polar surface area (TPSA) is 114 Å². The minimum absolute atomic E-state index is 0.0522. The maximum atomic E-state index is 13.8. The molecule has 1 atom stereocenters. The lowest BCUT2D eigenvalue weighted by Crippen LogP contribution is -2.34. The Hall–Kier alpha value is -4.61. The number of carboxylic acid groups (broad SMARTS) is 1. The Morgan fingerprint density at radius 2 is 1.81 bits per heavy atom. The summed E-state index contributed by atoms with van der Waals surface area (Å²) in [6.07, 6.45) is 2.06. The average Bonchev–Trinajstić information content (AvgIpc) is 3.32. The van der Waals surface area contributed by atoms with Gasteiger partial charge < -0.3 is 28.6 Å². The van der Waals surface area contributed by atoms with E-state index in [4.69, 9.17) is 23.9 Å². The molecule has 1 aromatic carbocycles. The van der Waals surface area contributed by atoms with Crippen LogP contribution in [-0.4, -0.2) is 53.0 Å². The number of aromatic nitrogens is 3. The van der Waals surface area contributed by atoms with Gasteiger partial charge in [0, 0.05) is 23.9 Å². The Labute approximate surface area is 240 Å². The van der Waals surface area contributed by atoms with Crippen LogP contribution in [0.2, 0.25) is 0 Å². The number of benzene rings is 1. The van der Waals surface area contributed by atoms with Crippen molar-refractivity contribution in [2.75, 3.05) is 21.3 Å². The van der Waals surface area contributed by atoms with Crippen LogP contribution < -0.4 is 24.5 Å². The van der Waals surface area contributed by atoms with Gasteiger partial charge in [0.05, 0.1) is 39.3 Å². The van der Waals surface area contributed by atoms with Gasteiger partial charge in [-0.3, -0.25) is 9.20 Å². The van der Waals surface area contributed by atoms with E-state index in [0.29, 0.717) is 46.1 Å². The third kappa shape index (κ3) is 4.80. The lowest BCUT2D eigenvalue weighted by molar-refractivity contribution is -0.0505. The van der Waals surface area contributed by atoms with Gasteiger partial charge >= 0.3 is 12.6 Å². The molecule has 0 spiro atoms. The number of hydrogen-bond acceptors (Lipinski definition) is 7. The Balaban J connectivity index is 1.87. The molecule has 5 rings (SSSR count). The normalized spacial score (nSPS) is 14.5. The summed E-state index contributed by atoms with van der Waals surface area (Å²) in [6, 6.07) is 8.05. The third-order valence-corrected chi connectivity index (χ3v) is 7.65. The van der Waals surface area contributed by atoms with E-state index in [0.717, 1.165) is 0 Å². The van der Waals surface area contributed by atoms with E-state index in [1.54, 1.807) is 28.8 Å². The first-order valence-electron chi connectivity index (χ1n) is 13.1. The number of halogens is 2. The Bertz CT molecular complexity index is 1750. The van der Waals surface area contributed by atoms with Crippen LogP contribution in [0.3, 0.4) is 0 Å². The number of nitrogens with zero attached hydrogens (tertiary/aromatic N) is 3. The molecule has 10 nitrogen and oxygen atoms in total. The van der Waals surface area contributed by atoms with Crippen molar-refractivity contribution >= 4 is 11.6 Å². The van der Waals surface area contributed by atoms with Gasteiger partial charge in [-0.15, -0.1) is 0 Å². The molecule has 42 heavy (non-hydrogen) atoms. The van der Waals surface area contributed by atoms with Crippen LogP contribution in [0.25, 0.3) is 17.0 Å². The summed E-state index contributed by atoms with van der Waals surface area (Å²) >= 11 is 0. The van der Waals surface area contributed by atoms with Crippen LogP contribution in [-0.2, 0) is 13.0 Å².